The summed E-state index contributed by atoms with van der Waals surface area (Å²) in [6.07, 6.45) is 2.76. The molecule has 12 heteroatoms. The highest BCUT2D eigenvalue weighted by atomic mass is 19.1. The zero-order valence-electron chi connectivity index (χ0n) is 26.0. The molecule has 1 aliphatic heterocycles. The van der Waals surface area contributed by atoms with Crippen LogP contribution in [0.25, 0.3) is 22.2 Å². The number of hydrogen-bond acceptors (Lipinski definition) is 9. The van der Waals surface area contributed by atoms with Gasteiger partial charge in [-0.3, -0.25) is 14.6 Å². The van der Waals surface area contributed by atoms with Crippen LogP contribution in [0.1, 0.15) is 61.1 Å². The van der Waals surface area contributed by atoms with E-state index in [1.807, 2.05) is 6.07 Å². The number of carbonyl (C=O) groups excluding carboxylic acids is 3. The van der Waals surface area contributed by atoms with E-state index in [2.05, 4.69) is 10.3 Å². The number of nitrogens with two attached hydrogens (primary N) is 1. The van der Waals surface area contributed by atoms with Crippen LogP contribution in [0.4, 0.5) is 9.18 Å². The number of Topliss-reactive ketones (excluding diaryl/α,β-unsaturated/α-hetero) is 1. The summed E-state index contributed by atoms with van der Waals surface area (Å²) in [5, 5.41) is 15.3. The molecule has 2 aromatic heterocycles. The minimum atomic E-state index is -1.61. The molecule has 1 saturated carbocycles. The first-order chi connectivity index (χ1) is 22.4. The summed E-state index contributed by atoms with van der Waals surface area (Å²) >= 11 is 0. The minimum Gasteiger partial charge on any atom is -0.489 e. The predicted octanol–water partition coefficient (Wildman–Crippen LogP) is 4.71. The van der Waals surface area contributed by atoms with E-state index in [4.69, 9.17) is 24.9 Å². The number of hydrogen-bond donors (Lipinski definition) is 3. The van der Waals surface area contributed by atoms with Crippen molar-refractivity contribution in [1.29, 1.82) is 0 Å². The van der Waals surface area contributed by atoms with E-state index in [0.29, 0.717) is 39.4 Å². The van der Waals surface area contributed by atoms with Gasteiger partial charge in [0.05, 0.1) is 18.3 Å². The zero-order valence-corrected chi connectivity index (χ0v) is 26.0. The topological polar surface area (TPSA) is 163 Å². The number of nitrogens with one attached hydrogen (secondary N) is 1. The van der Waals surface area contributed by atoms with E-state index in [1.54, 1.807) is 44.3 Å². The number of primary amides is 1. The molecule has 0 spiro atoms. The fourth-order valence-electron chi connectivity index (χ4n) is 5.57. The molecule has 4 N–H and O–H groups in total. The van der Waals surface area contributed by atoms with Crippen molar-refractivity contribution >= 4 is 28.7 Å². The van der Waals surface area contributed by atoms with Crippen LogP contribution in [-0.2, 0) is 20.5 Å². The Balaban J connectivity index is 1.29. The van der Waals surface area contributed by atoms with Crippen LogP contribution < -0.4 is 20.5 Å². The van der Waals surface area contributed by atoms with Crippen molar-refractivity contribution in [1.82, 2.24) is 15.3 Å². The first-order valence-corrected chi connectivity index (χ1v) is 15.4. The average Bonchev–Trinajstić information content (AvgIpc) is 3.81. The van der Waals surface area contributed by atoms with Crippen molar-refractivity contribution in [3.05, 3.63) is 83.4 Å². The van der Waals surface area contributed by atoms with Crippen molar-refractivity contribution < 1.29 is 38.1 Å². The highest BCUT2D eigenvalue weighted by molar-refractivity contribution is 6.01. The number of ketones is 1. The molecule has 1 fully saturated rings. The van der Waals surface area contributed by atoms with E-state index < -0.39 is 28.8 Å². The van der Waals surface area contributed by atoms with Gasteiger partial charge in [0.2, 0.25) is 5.91 Å². The molecule has 2 amide bonds. The summed E-state index contributed by atoms with van der Waals surface area (Å²) in [4.78, 5) is 47.1. The van der Waals surface area contributed by atoms with Gasteiger partial charge in [0.1, 0.15) is 52.8 Å². The number of amides is 2. The lowest BCUT2D eigenvalue weighted by molar-refractivity contribution is -0.126. The lowest BCUT2D eigenvalue weighted by atomic mass is 9.81. The van der Waals surface area contributed by atoms with Gasteiger partial charge in [-0.15, -0.1) is 0 Å². The van der Waals surface area contributed by atoms with Crippen molar-refractivity contribution in [2.75, 3.05) is 19.8 Å². The third-order valence-corrected chi connectivity index (χ3v) is 8.52. The Hall–Kier alpha value is -5.10. The molecule has 244 valence electrons. The van der Waals surface area contributed by atoms with Crippen molar-refractivity contribution in [3.8, 4) is 22.8 Å². The Kier molecular flexibility index (Phi) is 8.54. The van der Waals surface area contributed by atoms with Crippen LogP contribution in [0.2, 0.25) is 0 Å². The number of nitrogens with zero attached hydrogens (tertiary/aromatic N) is 2. The molecule has 0 saturated heterocycles. The molecule has 0 unspecified atom stereocenters. The van der Waals surface area contributed by atoms with Crippen molar-refractivity contribution in [3.63, 3.8) is 0 Å². The molecule has 2 aliphatic rings. The molecule has 47 heavy (non-hydrogen) atoms. The number of carbonyl (C=O) groups is 3. The molecule has 0 bridgehead atoms. The number of pyridine rings is 2. The molecule has 4 aromatic rings. The third-order valence-electron chi connectivity index (χ3n) is 8.52. The molecule has 3 heterocycles. The number of ether oxygens (including phenoxy) is 3. The Bertz CT molecular complexity index is 1860. The monoisotopic (exact) mass is 642 g/mol. The highest BCUT2D eigenvalue weighted by Crippen LogP contribution is 2.46. The summed E-state index contributed by atoms with van der Waals surface area (Å²) < 4.78 is 30.6. The molecule has 2 aromatic carbocycles. The van der Waals surface area contributed by atoms with Crippen LogP contribution in [0.15, 0.2) is 60.8 Å². The summed E-state index contributed by atoms with van der Waals surface area (Å²) in [6, 6.07) is 14.4. The van der Waals surface area contributed by atoms with Gasteiger partial charge in [-0.2, -0.15) is 0 Å². The summed E-state index contributed by atoms with van der Waals surface area (Å²) in [6.45, 7) is 3.12. The van der Waals surface area contributed by atoms with Gasteiger partial charge in [-0.05, 0) is 81.6 Å². The smallest absolute Gasteiger partial charge is 0.404 e. The number of aromatic nitrogens is 2. The quantitative estimate of drug-likeness (QED) is 0.147. The standard InChI is InChI=1S/C35H35FN4O7/c1-34(32(42)39-14-15-45-33(37)43)19-46-31-25(34)18-28(40-30(31)20-5-7-23(36)8-6-20)35(2,44)12-11-26(41)22-16-21-4-3-13-38-29(21)27(17-22)47-24-9-10-24/h3-8,13,16-18,24,44H,9-12,14-15,19H2,1-2H3,(H2,37,43)(H,39,42)/t34-,35-/m0/s1. The fourth-order valence-corrected chi connectivity index (χ4v) is 5.57. The van der Waals surface area contributed by atoms with Gasteiger partial charge in [0.15, 0.2) is 5.78 Å². The second kappa shape index (κ2) is 12.6. The number of aliphatic hydroxyl groups is 1. The van der Waals surface area contributed by atoms with E-state index >= 15 is 0 Å². The van der Waals surface area contributed by atoms with Crippen LogP contribution in [0.5, 0.6) is 11.5 Å². The summed E-state index contributed by atoms with van der Waals surface area (Å²) in [7, 11) is 0. The number of benzene rings is 2. The van der Waals surface area contributed by atoms with Gasteiger partial charge in [-0.1, -0.05) is 6.07 Å². The van der Waals surface area contributed by atoms with E-state index in [9.17, 15) is 23.9 Å². The molecular formula is C35H35FN4O7. The molecule has 6 rings (SSSR count). The van der Waals surface area contributed by atoms with Crippen LogP contribution >= 0.6 is 0 Å². The molecule has 1 aliphatic carbocycles. The lowest BCUT2D eigenvalue weighted by Crippen LogP contribution is -2.45. The maximum absolute atomic E-state index is 13.8. The average molecular weight is 643 g/mol. The van der Waals surface area contributed by atoms with E-state index in [-0.39, 0.29) is 50.2 Å². The van der Waals surface area contributed by atoms with Crippen molar-refractivity contribution in [2.24, 2.45) is 5.73 Å². The number of fused-ring (bicyclic) bond motifs is 2. The molecule has 11 nitrogen and oxygen atoms in total. The van der Waals surface area contributed by atoms with Crippen molar-refractivity contribution in [2.45, 2.75) is 56.7 Å². The highest BCUT2D eigenvalue weighted by Gasteiger charge is 2.46. The zero-order chi connectivity index (χ0) is 33.3. The Morgan fingerprint density at radius 2 is 1.94 bits per heavy atom. The van der Waals surface area contributed by atoms with Gasteiger partial charge in [0.25, 0.3) is 0 Å². The molecule has 2 atom stereocenters. The molecule has 0 radical (unpaired) electrons. The second-order valence-corrected chi connectivity index (χ2v) is 12.3. The van der Waals surface area contributed by atoms with E-state index in [0.717, 1.165) is 18.2 Å². The van der Waals surface area contributed by atoms with Gasteiger partial charge in [0, 0.05) is 34.7 Å². The van der Waals surface area contributed by atoms with Crippen LogP contribution in [0, 0.1) is 5.82 Å². The largest absolute Gasteiger partial charge is 0.489 e. The molecular weight excluding hydrogens is 607 g/mol. The fraction of sp³-hybridized carbons (Fsp3) is 0.343. The Morgan fingerprint density at radius 1 is 1.17 bits per heavy atom. The maximum atomic E-state index is 13.8. The second-order valence-electron chi connectivity index (χ2n) is 12.3. The normalized spacial score (nSPS) is 18.1. The first kappa shape index (κ1) is 31.9. The SMILES string of the molecule is C[C@](O)(CCC(=O)c1cc(OC2CC2)c2ncccc2c1)c1cc2c(c(-c3ccc(F)cc3)n1)OC[C@]2(C)C(=O)NCCOC(N)=O. The predicted molar refractivity (Wildman–Crippen MR) is 170 cm³/mol. The maximum Gasteiger partial charge on any atom is 0.404 e. The van der Waals surface area contributed by atoms with Crippen LogP contribution in [0.3, 0.4) is 0 Å². The lowest BCUT2D eigenvalue weighted by Gasteiger charge is -2.26. The van der Waals surface area contributed by atoms with E-state index in [1.165, 1.54) is 24.3 Å². The summed E-state index contributed by atoms with van der Waals surface area (Å²) in [5.41, 5.74) is 4.84. The first-order valence-electron chi connectivity index (χ1n) is 15.4. The minimum absolute atomic E-state index is 0.0125. The Morgan fingerprint density at radius 3 is 2.66 bits per heavy atom. The number of halogens is 1. The van der Waals surface area contributed by atoms with Crippen LogP contribution in [-0.4, -0.2) is 58.7 Å². The number of rotatable bonds is 12. The third kappa shape index (κ3) is 6.73. The van der Waals surface area contributed by atoms with Gasteiger partial charge in [-0.25, -0.2) is 14.2 Å². The van der Waals surface area contributed by atoms with Gasteiger partial charge < -0.3 is 30.4 Å². The Labute approximate surface area is 270 Å². The van der Waals surface area contributed by atoms with Gasteiger partial charge >= 0.3 is 6.09 Å². The summed E-state index contributed by atoms with van der Waals surface area (Å²) in [5.74, 6) is -0.154.